The Hall–Kier alpha value is -3.19. The van der Waals surface area contributed by atoms with Gasteiger partial charge in [-0.3, -0.25) is 4.79 Å². The zero-order valence-corrected chi connectivity index (χ0v) is 20.2. The maximum atomic E-state index is 12.7. The normalized spacial score (nSPS) is 14.5. The first-order valence-corrected chi connectivity index (χ1v) is 12.2. The number of carbonyl (C=O) groups excluding carboxylic acids is 1. The van der Waals surface area contributed by atoms with Crippen molar-refractivity contribution in [3.05, 3.63) is 100 Å². The zero-order valence-electron chi connectivity index (χ0n) is 20.2. The van der Waals surface area contributed by atoms with E-state index in [0.717, 1.165) is 12.0 Å². The monoisotopic (exact) mass is 474 g/mol. The molecule has 0 spiro atoms. The van der Waals surface area contributed by atoms with Gasteiger partial charge in [-0.15, -0.1) is 0 Å². The minimum Gasteiger partial charge on any atom is -0.508 e. The average Bonchev–Trinajstić information content (AvgIpc) is 3.31. The molecule has 3 aromatic carbocycles. The Morgan fingerprint density at radius 3 is 2.43 bits per heavy atom. The number of benzene rings is 3. The van der Waals surface area contributed by atoms with E-state index in [0.29, 0.717) is 43.6 Å². The van der Waals surface area contributed by atoms with E-state index in [4.69, 9.17) is 0 Å². The number of aliphatic hydroxyl groups excluding tert-OH is 2. The molecule has 1 heterocycles. The second kappa shape index (κ2) is 11.5. The van der Waals surface area contributed by atoms with Crippen LogP contribution in [0.3, 0.4) is 0 Å². The Balaban J connectivity index is 1.24. The van der Waals surface area contributed by atoms with Crippen molar-refractivity contribution in [1.82, 2.24) is 10.2 Å². The molecule has 0 saturated heterocycles. The number of amides is 1. The van der Waals surface area contributed by atoms with E-state index in [2.05, 4.69) is 42.6 Å². The van der Waals surface area contributed by atoms with Crippen molar-refractivity contribution in [2.75, 3.05) is 6.54 Å². The first-order valence-electron chi connectivity index (χ1n) is 12.2. The number of carbonyl (C=O) groups is 1. The fourth-order valence-electron chi connectivity index (χ4n) is 4.63. The van der Waals surface area contributed by atoms with Crippen LogP contribution in [0, 0.1) is 0 Å². The Labute approximate surface area is 206 Å². The third kappa shape index (κ3) is 6.48. The minimum atomic E-state index is -0.738. The van der Waals surface area contributed by atoms with E-state index in [1.54, 1.807) is 12.1 Å². The molecule has 0 aromatic heterocycles. The number of aryl methyl sites for hydroxylation is 1. The van der Waals surface area contributed by atoms with E-state index < -0.39 is 6.10 Å². The van der Waals surface area contributed by atoms with Crippen LogP contribution in [-0.4, -0.2) is 38.7 Å². The van der Waals surface area contributed by atoms with E-state index in [1.807, 2.05) is 23.1 Å². The number of aromatic hydroxyl groups is 1. The molecule has 1 aliphatic heterocycles. The fraction of sp³-hybridized carbons (Fsp3) is 0.345. The molecule has 0 aliphatic carbocycles. The SMILES string of the molecule is C[C@H](Cc1cccc(CCC(=O)N2Cc3ccccc3C2)c1)NC[C@H](O)c1ccc(O)c(CO)c1. The topological polar surface area (TPSA) is 93.0 Å². The highest BCUT2D eigenvalue weighted by molar-refractivity contribution is 5.77. The molecule has 184 valence electrons. The fourth-order valence-corrected chi connectivity index (χ4v) is 4.63. The Kier molecular flexibility index (Phi) is 8.18. The molecule has 4 rings (SSSR count). The predicted octanol–water partition coefficient (Wildman–Crippen LogP) is 3.61. The van der Waals surface area contributed by atoms with Crippen molar-refractivity contribution in [3.63, 3.8) is 0 Å². The molecule has 6 nitrogen and oxygen atoms in total. The van der Waals surface area contributed by atoms with Crippen molar-refractivity contribution in [1.29, 1.82) is 0 Å². The summed E-state index contributed by atoms with van der Waals surface area (Å²) >= 11 is 0. The van der Waals surface area contributed by atoms with Crippen molar-refractivity contribution in [2.24, 2.45) is 0 Å². The summed E-state index contributed by atoms with van der Waals surface area (Å²) in [5, 5.41) is 32.9. The van der Waals surface area contributed by atoms with Gasteiger partial charge in [0.15, 0.2) is 0 Å². The molecule has 0 bridgehead atoms. The first-order chi connectivity index (χ1) is 16.9. The largest absolute Gasteiger partial charge is 0.508 e. The van der Waals surface area contributed by atoms with E-state index >= 15 is 0 Å². The number of hydrogen-bond acceptors (Lipinski definition) is 5. The lowest BCUT2D eigenvalue weighted by Gasteiger charge is -2.19. The van der Waals surface area contributed by atoms with Gasteiger partial charge in [0.25, 0.3) is 0 Å². The minimum absolute atomic E-state index is 0.0249. The number of aliphatic hydroxyl groups is 2. The molecular formula is C29H34N2O4. The van der Waals surface area contributed by atoms with Gasteiger partial charge >= 0.3 is 0 Å². The second-order valence-electron chi connectivity index (χ2n) is 9.41. The highest BCUT2D eigenvalue weighted by atomic mass is 16.3. The summed E-state index contributed by atoms with van der Waals surface area (Å²) in [5.74, 6) is 0.214. The molecule has 0 fully saturated rings. The molecular weight excluding hydrogens is 440 g/mol. The molecule has 2 atom stereocenters. The van der Waals surface area contributed by atoms with Crippen LogP contribution in [0.2, 0.25) is 0 Å². The Bertz CT molecular complexity index is 1140. The summed E-state index contributed by atoms with van der Waals surface area (Å²) in [4.78, 5) is 14.7. The van der Waals surface area contributed by atoms with Crippen molar-refractivity contribution >= 4 is 5.91 Å². The summed E-state index contributed by atoms with van der Waals surface area (Å²) in [5.41, 5.74) is 5.88. The summed E-state index contributed by atoms with van der Waals surface area (Å²) in [6.45, 7) is 3.57. The number of nitrogens with zero attached hydrogens (tertiary/aromatic N) is 1. The lowest BCUT2D eigenvalue weighted by Crippen LogP contribution is -2.32. The lowest BCUT2D eigenvalue weighted by atomic mass is 10.0. The summed E-state index contributed by atoms with van der Waals surface area (Å²) < 4.78 is 0. The summed E-state index contributed by atoms with van der Waals surface area (Å²) in [7, 11) is 0. The number of phenols is 1. The van der Waals surface area contributed by atoms with Gasteiger partial charge in [-0.1, -0.05) is 54.6 Å². The molecule has 1 amide bonds. The van der Waals surface area contributed by atoms with Crippen LogP contribution >= 0.6 is 0 Å². The van der Waals surface area contributed by atoms with Crippen molar-refractivity contribution in [3.8, 4) is 5.75 Å². The third-order valence-corrected chi connectivity index (χ3v) is 6.67. The molecule has 1 aliphatic rings. The van der Waals surface area contributed by atoms with Gasteiger partial charge in [0, 0.05) is 37.7 Å². The summed E-state index contributed by atoms with van der Waals surface area (Å²) in [6, 6.07) is 21.5. The van der Waals surface area contributed by atoms with Gasteiger partial charge in [0.2, 0.25) is 5.91 Å². The number of nitrogens with one attached hydrogen (secondary N) is 1. The molecule has 0 saturated carbocycles. The highest BCUT2D eigenvalue weighted by Gasteiger charge is 2.22. The lowest BCUT2D eigenvalue weighted by molar-refractivity contribution is -0.131. The van der Waals surface area contributed by atoms with Crippen LogP contribution in [0.4, 0.5) is 0 Å². The number of rotatable bonds is 10. The van der Waals surface area contributed by atoms with E-state index in [1.165, 1.54) is 22.8 Å². The molecule has 4 N–H and O–H groups in total. The Morgan fingerprint density at radius 2 is 1.71 bits per heavy atom. The molecule has 35 heavy (non-hydrogen) atoms. The van der Waals surface area contributed by atoms with Crippen molar-refractivity contribution < 1.29 is 20.1 Å². The number of fused-ring (bicyclic) bond motifs is 1. The Morgan fingerprint density at radius 1 is 1.00 bits per heavy atom. The number of hydrogen-bond donors (Lipinski definition) is 4. The van der Waals surface area contributed by atoms with Crippen LogP contribution in [-0.2, 0) is 37.3 Å². The standard InChI is InChI=1S/C29H34N2O4/c1-20(30-16-28(34)23-10-11-27(33)26(15-23)19-32)13-22-6-4-5-21(14-22)9-12-29(35)31-17-24-7-2-3-8-25(24)18-31/h2-8,10-11,14-15,20,28,30,32-34H,9,12-13,16-19H2,1H3/t20-,28+/m1/s1. The van der Waals surface area contributed by atoms with Crippen LogP contribution in [0.25, 0.3) is 0 Å². The average molecular weight is 475 g/mol. The van der Waals surface area contributed by atoms with Gasteiger partial charge in [-0.25, -0.2) is 0 Å². The molecule has 6 heteroatoms. The quantitative estimate of drug-likeness (QED) is 0.360. The van der Waals surface area contributed by atoms with Gasteiger partial charge in [0.1, 0.15) is 5.75 Å². The molecule has 3 aromatic rings. The van der Waals surface area contributed by atoms with Crippen LogP contribution in [0.5, 0.6) is 5.75 Å². The molecule has 0 radical (unpaired) electrons. The van der Waals surface area contributed by atoms with Crippen LogP contribution in [0.1, 0.15) is 52.8 Å². The van der Waals surface area contributed by atoms with Gasteiger partial charge < -0.3 is 25.5 Å². The predicted molar refractivity (Wildman–Crippen MR) is 136 cm³/mol. The smallest absolute Gasteiger partial charge is 0.223 e. The van der Waals surface area contributed by atoms with Crippen LogP contribution < -0.4 is 5.32 Å². The van der Waals surface area contributed by atoms with Gasteiger partial charge in [-0.2, -0.15) is 0 Å². The van der Waals surface area contributed by atoms with Crippen molar-refractivity contribution in [2.45, 2.75) is 58.0 Å². The third-order valence-electron chi connectivity index (χ3n) is 6.67. The maximum absolute atomic E-state index is 12.7. The summed E-state index contributed by atoms with van der Waals surface area (Å²) in [6.07, 6.45) is 1.28. The second-order valence-corrected chi connectivity index (χ2v) is 9.41. The van der Waals surface area contributed by atoms with E-state index in [-0.39, 0.29) is 24.3 Å². The molecule has 0 unspecified atom stereocenters. The highest BCUT2D eigenvalue weighted by Crippen LogP contribution is 2.24. The maximum Gasteiger partial charge on any atom is 0.223 e. The van der Waals surface area contributed by atoms with Gasteiger partial charge in [-0.05, 0) is 59.7 Å². The zero-order chi connectivity index (χ0) is 24.8. The van der Waals surface area contributed by atoms with Gasteiger partial charge in [0.05, 0.1) is 12.7 Å². The van der Waals surface area contributed by atoms with Crippen LogP contribution in [0.15, 0.2) is 66.7 Å². The first kappa shape index (κ1) is 24.9. The van der Waals surface area contributed by atoms with E-state index in [9.17, 15) is 20.1 Å².